The summed E-state index contributed by atoms with van der Waals surface area (Å²) in [6.45, 7) is 0. The summed E-state index contributed by atoms with van der Waals surface area (Å²) >= 11 is 0. The highest BCUT2D eigenvalue weighted by Crippen LogP contribution is 2.49. The molecule has 2 nitrogen and oxygen atoms in total. The quantitative estimate of drug-likeness (QED) is 0.554. The molecule has 0 radical (unpaired) electrons. The molecule has 3 aromatic rings. The first-order valence-electron chi connectivity index (χ1n) is 8.57. The molecule has 0 N–H and O–H groups in total. The Hall–Kier alpha value is -3.08. The van der Waals surface area contributed by atoms with E-state index in [0.29, 0.717) is 5.56 Å². The van der Waals surface area contributed by atoms with Crippen molar-refractivity contribution in [2.24, 2.45) is 0 Å². The van der Waals surface area contributed by atoms with Crippen LogP contribution in [0.5, 0.6) is 0 Å². The van der Waals surface area contributed by atoms with Gasteiger partial charge in [0.1, 0.15) is 0 Å². The average molecular weight is 367 g/mol. The van der Waals surface area contributed by atoms with Crippen molar-refractivity contribution < 1.29 is 18.0 Å². The number of halogens is 3. The summed E-state index contributed by atoms with van der Waals surface area (Å²) in [6, 6.07) is 23.3. The second kappa shape index (κ2) is 6.58. The number of carbonyl (C=O) groups excluding carboxylic acids is 1. The van der Waals surface area contributed by atoms with Gasteiger partial charge in [0.2, 0.25) is 5.91 Å². The van der Waals surface area contributed by atoms with Gasteiger partial charge >= 0.3 is 6.18 Å². The zero-order valence-corrected chi connectivity index (χ0v) is 14.2. The lowest BCUT2D eigenvalue weighted by Crippen LogP contribution is -2.53. The van der Waals surface area contributed by atoms with Crippen LogP contribution in [0, 0.1) is 0 Å². The van der Waals surface area contributed by atoms with Crippen LogP contribution in [0.4, 0.5) is 18.9 Å². The average Bonchev–Trinajstić information content (AvgIpc) is 2.67. The molecule has 1 heterocycles. The maximum atomic E-state index is 12.9. The lowest BCUT2D eigenvalue weighted by atomic mass is 9.77. The second-order valence-corrected chi connectivity index (χ2v) is 6.50. The zero-order chi connectivity index (χ0) is 19.0. The summed E-state index contributed by atoms with van der Waals surface area (Å²) in [5, 5.41) is 0. The number of para-hydroxylation sites is 1. The van der Waals surface area contributed by atoms with Gasteiger partial charge in [-0.25, -0.2) is 0 Å². The summed E-state index contributed by atoms with van der Waals surface area (Å²) in [7, 11) is 0. The molecule has 0 saturated carbocycles. The van der Waals surface area contributed by atoms with Crippen molar-refractivity contribution in [1.29, 1.82) is 0 Å². The first-order valence-corrected chi connectivity index (χ1v) is 8.57. The molecule has 1 aliphatic rings. The Morgan fingerprint density at radius 3 is 1.81 bits per heavy atom. The van der Waals surface area contributed by atoms with E-state index in [2.05, 4.69) is 0 Å². The molecule has 1 saturated heterocycles. The van der Waals surface area contributed by atoms with Crippen LogP contribution in [0.3, 0.4) is 0 Å². The van der Waals surface area contributed by atoms with Crippen molar-refractivity contribution in [3.05, 3.63) is 102 Å². The van der Waals surface area contributed by atoms with Gasteiger partial charge in [-0.3, -0.25) is 4.79 Å². The van der Waals surface area contributed by atoms with E-state index in [1.165, 1.54) is 12.1 Å². The van der Waals surface area contributed by atoms with Gasteiger partial charge in [0.15, 0.2) is 0 Å². The number of alkyl halides is 3. The van der Waals surface area contributed by atoms with E-state index in [4.69, 9.17) is 0 Å². The minimum atomic E-state index is -4.38. The third-order valence-corrected chi connectivity index (χ3v) is 4.87. The maximum absolute atomic E-state index is 12.9. The largest absolute Gasteiger partial charge is 0.416 e. The number of rotatable bonds is 3. The van der Waals surface area contributed by atoms with E-state index in [1.807, 2.05) is 60.7 Å². The van der Waals surface area contributed by atoms with Crippen LogP contribution >= 0.6 is 0 Å². The molecule has 136 valence electrons. The van der Waals surface area contributed by atoms with E-state index >= 15 is 0 Å². The zero-order valence-electron chi connectivity index (χ0n) is 14.2. The SMILES string of the molecule is O=C1[C@H](c2ccccc2)[C@H](c2ccc(C(F)(F)F)cc2)N1c1ccccc1. The normalized spacial score (nSPS) is 19.7. The van der Waals surface area contributed by atoms with Crippen LogP contribution in [0.25, 0.3) is 0 Å². The molecule has 4 rings (SSSR count). The highest BCUT2D eigenvalue weighted by molar-refractivity contribution is 6.06. The monoisotopic (exact) mass is 367 g/mol. The molecule has 1 aliphatic heterocycles. The Morgan fingerprint density at radius 2 is 1.26 bits per heavy atom. The molecule has 0 aliphatic carbocycles. The van der Waals surface area contributed by atoms with Crippen molar-refractivity contribution in [2.45, 2.75) is 18.1 Å². The first-order chi connectivity index (χ1) is 13.0. The third-order valence-electron chi connectivity index (χ3n) is 4.87. The molecule has 0 aromatic heterocycles. The summed E-state index contributed by atoms with van der Waals surface area (Å²) in [5.74, 6) is -0.472. The highest BCUT2D eigenvalue weighted by Gasteiger charge is 2.49. The molecule has 5 heteroatoms. The predicted octanol–water partition coefficient (Wildman–Crippen LogP) is 5.58. The smallest absolute Gasteiger partial charge is 0.303 e. The third kappa shape index (κ3) is 3.10. The van der Waals surface area contributed by atoms with Gasteiger partial charge in [0.25, 0.3) is 0 Å². The Kier molecular flexibility index (Phi) is 4.22. The van der Waals surface area contributed by atoms with Crippen LogP contribution in [0.15, 0.2) is 84.9 Å². The molecule has 0 unspecified atom stereocenters. The van der Waals surface area contributed by atoms with Gasteiger partial charge in [-0.15, -0.1) is 0 Å². The molecular formula is C22H16F3NO. The molecule has 0 bridgehead atoms. The summed E-state index contributed by atoms with van der Waals surface area (Å²) < 4.78 is 38.7. The molecule has 2 atom stereocenters. The molecule has 0 spiro atoms. The van der Waals surface area contributed by atoms with Crippen molar-refractivity contribution in [3.63, 3.8) is 0 Å². The number of carbonyl (C=O) groups is 1. The van der Waals surface area contributed by atoms with E-state index in [0.717, 1.165) is 23.4 Å². The minimum Gasteiger partial charge on any atom is -0.303 e. The topological polar surface area (TPSA) is 20.3 Å². The van der Waals surface area contributed by atoms with Crippen LogP contribution in [-0.2, 0) is 11.0 Å². The fourth-order valence-electron chi connectivity index (χ4n) is 3.56. The number of amides is 1. The Bertz CT molecular complexity index is 887. The van der Waals surface area contributed by atoms with Crippen LogP contribution in [-0.4, -0.2) is 5.91 Å². The maximum Gasteiger partial charge on any atom is 0.416 e. The minimum absolute atomic E-state index is 0.0581. The number of nitrogens with zero attached hydrogens (tertiary/aromatic N) is 1. The fourth-order valence-corrected chi connectivity index (χ4v) is 3.56. The lowest BCUT2D eigenvalue weighted by Gasteiger charge is -2.47. The van der Waals surface area contributed by atoms with Crippen molar-refractivity contribution >= 4 is 11.6 Å². The standard InChI is InChI=1S/C22H16F3NO/c23-22(24,25)17-13-11-16(12-14-17)20-19(15-7-3-1-4-8-15)21(27)26(20)18-9-5-2-6-10-18/h1-14,19-20H/t19-,20+/m1/s1. The van der Waals surface area contributed by atoms with Crippen LogP contribution in [0.2, 0.25) is 0 Å². The van der Waals surface area contributed by atoms with Gasteiger partial charge in [-0.05, 0) is 35.4 Å². The number of benzene rings is 3. The molecule has 1 fully saturated rings. The summed E-state index contributed by atoms with van der Waals surface area (Å²) in [4.78, 5) is 14.6. The van der Waals surface area contributed by atoms with E-state index in [9.17, 15) is 18.0 Å². The Labute approximate surface area is 154 Å². The van der Waals surface area contributed by atoms with Gasteiger partial charge in [0, 0.05) is 5.69 Å². The van der Waals surface area contributed by atoms with Crippen molar-refractivity contribution in [1.82, 2.24) is 0 Å². The molecular weight excluding hydrogens is 351 g/mol. The predicted molar refractivity (Wildman–Crippen MR) is 97.3 cm³/mol. The fraction of sp³-hybridized carbons (Fsp3) is 0.136. The van der Waals surface area contributed by atoms with Crippen molar-refractivity contribution in [2.75, 3.05) is 4.90 Å². The van der Waals surface area contributed by atoms with Crippen LogP contribution in [0.1, 0.15) is 28.7 Å². The van der Waals surface area contributed by atoms with Gasteiger partial charge in [-0.1, -0.05) is 60.7 Å². The second-order valence-electron chi connectivity index (χ2n) is 6.50. The van der Waals surface area contributed by atoms with E-state index in [-0.39, 0.29) is 11.9 Å². The van der Waals surface area contributed by atoms with Gasteiger partial charge in [0.05, 0.1) is 17.5 Å². The van der Waals surface area contributed by atoms with E-state index in [1.54, 1.807) is 4.90 Å². The number of anilines is 1. The molecule has 27 heavy (non-hydrogen) atoms. The first kappa shape index (κ1) is 17.3. The number of β-lactam (4-membered cyclic amide) rings is 1. The molecule has 1 amide bonds. The van der Waals surface area contributed by atoms with Crippen molar-refractivity contribution in [3.8, 4) is 0 Å². The highest BCUT2D eigenvalue weighted by atomic mass is 19.4. The van der Waals surface area contributed by atoms with Gasteiger partial charge in [-0.2, -0.15) is 13.2 Å². The Balaban J connectivity index is 1.75. The molecule has 3 aromatic carbocycles. The van der Waals surface area contributed by atoms with Crippen LogP contribution < -0.4 is 4.90 Å². The Morgan fingerprint density at radius 1 is 0.704 bits per heavy atom. The summed E-state index contributed by atoms with van der Waals surface area (Å²) in [6.07, 6.45) is -4.38. The number of hydrogen-bond donors (Lipinski definition) is 0. The number of hydrogen-bond acceptors (Lipinski definition) is 1. The van der Waals surface area contributed by atoms with Gasteiger partial charge < -0.3 is 4.90 Å². The van der Waals surface area contributed by atoms with E-state index < -0.39 is 17.7 Å². The summed E-state index contributed by atoms with van der Waals surface area (Å²) in [5.41, 5.74) is 1.58. The lowest BCUT2D eigenvalue weighted by molar-refractivity contribution is -0.137.